The average molecular weight is 168 g/mol. The molecule has 0 aromatic carbocycles. The number of nitrogens with zero attached hydrogens (tertiary/aromatic N) is 2. The minimum atomic E-state index is 0.325. The molecule has 1 aromatic rings. The lowest BCUT2D eigenvalue weighted by Crippen LogP contribution is -2.05. The lowest BCUT2D eigenvalue weighted by atomic mass is 10.1. The molecule has 0 unspecified atom stereocenters. The third kappa shape index (κ3) is 1.78. The molecule has 0 aliphatic heterocycles. The first-order chi connectivity index (χ1) is 5.65. The topological polar surface area (TPSA) is 38.0 Å². The summed E-state index contributed by atoms with van der Waals surface area (Å²) >= 11 is 0. The zero-order valence-electron chi connectivity index (χ0n) is 7.91. The Morgan fingerprint density at radius 1 is 1.58 bits per heavy atom. The summed E-state index contributed by atoms with van der Waals surface area (Å²) in [6, 6.07) is 0. The number of aromatic hydroxyl groups is 1. The van der Waals surface area contributed by atoms with Crippen molar-refractivity contribution < 1.29 is 5.11 Å². The van der Waals surface area contributed by atoms with Crippen molar-refractivity contribution in [2.45, 2.75) is 33.7 Å². The Bertz CT molecular complexity index is 253. The fraction of sp³-hybridized carbons (Fsp3) is 0.667. The van der Waals surface area contributed by atoms with Crippen molar-refractivity contribution in [3.63, 3.8) is 0 Å². The van der Waals surface area contributed by atoms with Crippen molar-refractivity contribution in [3.8, 4) is 5.75 Å². The summed E-state index contributed by atoms with van der Waals surface area (Å²) in [7, 11) is 0. The Labute approximate surface area is 73.0 Å². The van der Waals surface area contributed by atoms with Gasteiger partial charge in [0.2, 0.25) is 0 Å². The molecule has 0 radical (unpaired) electrons. The van der Waals surface area contributed by atoms with Gasteiger partial charge in [0.15, 0.2) is 5.75 Å². The molecule has 3 heteroatoms. The Balaban J connectivity index is 2.86. The average Bonchev–Trinajstić information content (AvgIpc) is 2.32. The number of aromatic nitrogens is 2. The molecule has 0 bridgehead atoms. The smallest absolute Gasteiger partial charge is 0.156 e. The molecule has 0 atom stereocenters. The van der Waals surface area contributed by atoms with Crippen LogP contribution < -0.4 is 0 Å². The van der Waals surface area contributed by atoms with Gasteiger partial charge in [-0.2, -0.15) is 5.10 Å². The van der Waals surface area contributed by atoms with E-state index in [0.29, 0.717) is 11.7 Å². The minimum absolute atomic E-state index is 0.325. The maximum atomic E-state index is 9.43. The van der Waals surface area contributed by atoms with Crippen LogP contribution in [0.3, 0.4) is 0 Å². The van der Waals surface area contributed by atoms with Crippen LogP contribution in [0.15, 0.2) is 6.20 Å². The zero-order chi connectivity index (χ0) is 9.14. The molecule has 0 aliphatic rings. The summed E-state index contributed by atoms with van der Waals surface area (Å²) < 4.78 is 1.84. The van der Waals surface area contributed by atoms with Crippen LogP contribution in [-0.4, -0.2) is 14.9 Å². The molecule has 3 nitrogen and oxygen atoms in total. The lowest BCUT2D eigenvalue weighted by Gasteiger charge is -2.07. The summed E-state index contributed by atoms with van der Waals surface area (Å²) in [6.45, 7) is 7.11. The van der Waals surface area contributed by atoms with Gasteiger partial charge in [-0.15, -0.1) is 0 Å². The van der Waals surface area contributed by atoms with E-state index >= 15 is 0 Å². The molecular weight excluding hydrogens is 152 g/mol. The van der Waals surface area contributed by atoms with Gasteiger partial charge in [0, 0.05) is 6.54 Å². The Kier molecular flexibility index (Phi) is 2.74. The van der Waals surface area contributed by atoms with Crippen molar-refractivity contribution in [1.82, 2.24) is 9.78 Å². The van der Waals surface area contributed by atoms with E-state index in [0.717, 1.165) is 18.7 Å². The maximum Gasteiger partial charge on any atom is 0.156 e. The first kappa shape index (κ1) is 9.10. The molecule has 0 aliphatic carbocycles. The summed E-state index contributed by atoms with van der Waals surface area (Å²) in [4.78, 5) is 0. The second-order valence-electron chi connectivity index (χ2n) is 3.39. The SMILES string of the molecule is CCn1ncc(O)c1CC(C)C. The Hall–Kier alpha value is -0.990. The van der Waals surface area contributed by atoms with Gasteiger partial charge in [0.1, 0.15) is 0 Å². The highest BCUT2D eigenvalue weighted by Gasteiger charge is 2.09. The highest BCUT2D eigenvalue weighted by molar-refractivity contribution is 5.23. The van der Waals surface area contributed by atoms with E-state index in [1.165, 1.54) is 6.20 Å². The molecule has 0 saturated heterocycles. The zero-order valence-corrected chi connectivity index (χ0v) is 7.91. The van der Waals surface area contributed by atoms with Crippen LogP contribution in [0.5, 0.6) is 5.75 Å². The highest BCUT2D eigenvalue weighted by atomic mass is 16.3. The summed E-state index contributed by atoms with van der Waals surface area (Å²) in [5, 5.41) is 13.5. The molecule has 1 rings (SSSR count). The lowest BCUT2D eigenvalue weighted by molar-refractivity contribution is 0.454. The van der Waals surface area contributed by atoms with Gasteiger partial charge in [-0.05, 0) is 19.3 Å². The van der Waals surface area contributed by atoms with Crippen molar-refractivity contribution in [3.05, 3.63) is 11.9 Å². The standard InChI is InChI=1S/C9H16N2O/c1-4-11-8(5-7(2)3)9(12)6-10-11/h6-7,12H,4-5H2,1-3H3. The van der Waals surface area contributed by atoms with Gasteiger partial charge in [-0.3, -0.25) is 4.68 Å². The van der Waals surface area contributed by atoms with Crippen LogP contribution >= 0.6 is 0 Å². The molecular formula is C9H16N2O. The predicted octanol–water partition coefficient (Wildman–Crippen LogP) is 1.81. The van der Waals surface area contributed by atoms with Gasteiger partial charge in [0.05, 0.1) is 11.9 Å². The first-order valence-electron chi connectivity index (χ1n) is 4.38. The highest BCUT2D eigenvalue weighted by Crippen LogP contribution is 2.19. The fourth-order valence-electron chi connectivity index (χ4n) is 1.27. The van der Waals surface area contributed by atoms with Gasteiger partial charge in [-0.1, -0.05) is 13.8 Å². The van der Waals surface area contributed by atoms with Gasteiger partial charge >= 0.3 is 0 Å². The van der Waals surface area contributed by atoms with Crippen molar-refractivity contribution >= 4 is 0 Å². The number of aryl methyl sites for hydroxylation is 1. The van der Waals surface area contributed by atoms with Crippen LogP contribution in [0.1, 0.15) is 26.5 Å². The molecule has 0 saturated carbocycles. The van der Waals surface area contributed by atoms with Crippen molar-refractivity contribution in [2.75, 3.05) is 0 Å². The Morgan fingerprint density at radius 2 is 2.25 bits per heavy atom. The minimum Gasteiger partial charge on any atom is -0.504 e. The van der Waals surface area contributed by atoms with E-state index in [1.807, 2.05) is 11.6 Å². The van der Waals surface area contributed by atoms with Gasteiger partial charge in [-0.25, -0.2) is 0 Å². The van der Waals surface area contributed by atoms with E-state index in [2.05, 4.69) is 18.9 Å². The first-order valence-corrected chi connectivity index (χ1v) is 4.38. The predicted molar refractivity (Wildman–Crippen MR) is 48.1 cm³/mol. The van der Waals surface area contributed by atoms with Crippen LogP contribution in [0.2, 0.25) is 0 Å². The van der Waals surface area contributed by atoms with Crippen molar-refractivity contribution in [1.29, 1.82) is 0 Å². The summed E-state index contributed by atoms with van der Waals surface area (Å²) in [5.41, 5.74) is 0.951. The maximum absolute atomic E-state index is 9.43. The second-order valence-corrected chi connectivity index (χ2v) is 3.39. The van der Waals surface area contributed by atoms with Crippen LogP contribution in [-0.2, 0) is 13.0 Å². The molecule has 0 fully saturated rings. The third-order valence-corrected chi connectivity index (χ3v) is 1.83. The molecule has 68 valence electrons. The number of hydrogen-bond donors (Lipinski definition) is 1. The Morgan fingerprint density at radius 3 is 2.75 bits per heavy atom. The molecule has 1 N–H and O–H groups in total. The summed E-state index contributed by atoms with van der Waals surface area (Å²) in [5.74, 6) is 0.878. The molecule has 1 heterocycles. The van der Waals surface area contributed by atoms with Crippen molar-refractivity contribution in [2.24, 2.45) is 5.92 Å². The van der Waals surface area contributed by atoms with Crippen LogP contribution in [0.25, 0.3) is 0 Å². The molecule has 12 heavy (non-hydrogen) atoms. The molecule has 1 aromatic heterocycles. The molecule has 0 spiro atoms. The largest absolute Gasteiger partial charge is 0.504 e. The van der Waals surface area contributed by atoms with E-state index < -0.39 is 0 Å². The van der Waals surface area contributed by atoms with Gasteiger partial charge in [0.25, 0.3) is 0 Å². The normalized spacial score (nSPS) is 11.0. The second kappa shape index (κ2) is 3.61. The third-order valence-electron chi connectivity index (χ3n) is 1.83. The van der Waals surface area contributed by atoms with E-state index in [9.17, 15) is 5.11 Å². The molecule has 0 amide bonds. The fourth-order valence-corrected chi connectivity index (χ4v) is 1.27. The van der Waals surface area contributed by atoms with E-state index in [4.69, 9.17) is 0 Å². The van der Waals surface area contributed by atoms with E-state index in [1.54, 1.807) is 0 Å². The van der Waals surface area contributed by atoms with Crippen LogP contribution in [0, 0.1) is 5.92 Å². The van der Waals surface area contributed by atoms with Gasteiger partial charge < -0.3 is 5.11 Å². The van der Waals surface area contributed by atoms with Crippen LogP contribution in [0.4, 0.5) is 0 Å². The van der Waals surface area contributed by atoms with E-state index in [-0.39, 0.29) is 0 Å². The quantitative estimate of drug-likeness (QED) is 0.747. The number of hydrogen-bond acceptors (Lipinski definition) is 2. The summed E-state index contributed by atoms with van der Waals surface area (Å²) in [6.07, 6.45) is 2.40. The number of rotatable bonds is 3. The monoisotopic (exact) mass is 168 g/mol.